The summed E-state index contributed by atoms with van der Waals surface area (Å²) in [5, 5.41) is 2.90. The zero-order valence-corrected chi connectivity index (χ0v) is 23.1. The fraction of sp³-hybridized carbons (Fsp3) is 0.462. The van der Waals surface area contributed by atoms with E-state index in [2.05, 4.69) is 5.32 Å². The molecule has 198 valence electrons. The third kappa shape index (κ3) is 7.61. The largest absolute Gasteiger partial charge is 0.497 e. The van der Waals surface area contributed by atoms with Gasteiger partial charge in [-0.25, -0.2) is 8.42 Å². The number of benzene rings is 2. The zero-order valence-electron chi connectivity index (χ0n) is 22.3. The Morgan fingerprint density at radius 1 is 1.06 bits per heavy atom. The Bertz CT molecular complexity index is 1190. The summed E-state index contributed by atoms with van der Waals surface area (Å²) in [5.41, 5.74) is 1.50. The monoisotopic (exact) mass is 519 g/mol. The first kappa shape index (κ1) is 29.0. The molecule has 2 amide bonds. The van der Waals surface area contributed by atoms with E-state index in [0.29, 0.717) is 5.75 Å². The van der Waals surface area contributed by atoms with E-state index in [1.54, 1.807) is 19.1 Å². The third-order valence-electron chi connectivity index (χ3n) is 5.60. The minimum Gasteiger partial charge on any atom is -0.497 e. The van der Waals surface area contributed by atoms with Crippen molar-refractivity contribution in [3.63, 3.8) is 0 Å². The third-order valence-corrected chi connectivity index (χ3v) is 6.73. The molecule has 0 unspecified atom stereocenters. The SMILES string of the molecule is COc1ccc(N(CC(=O)N(Cc2ccccc2C)[C@@H](C)C(=O)NC(C)(C)C)S(C)(=O)=O)c(OC)c1. The number of carbonyl (C=O) groups excluding carboxylic acids is 2. The summed E-state index contributed by atoms with van der Waals surface area (Å²) in [5.74, 6) is -0.156. The number of rotatable bonds is 10. The van der Waals surface area contributed by atoms with Crippen LogP contribution < -0.4 is 19.1 Å². The Labute approximate surface area is 214 Å². The van der Waals surface area contributed by atoms with Crippen LogP contribution in [0.4, 0.5) is 5.69 Å². The molecule has 0 heterocycles. The Morgan fingerprint density at radius 2 is 1.69 bits per heavy atom. The van der Waals surface area contributed by atoms with Gasteiger partial charge in [0.1, 0.15) is 24.1 Å². The van der Waals surface area contributed by atoms with Crippen LogP contribution in [0.1, 0.15) is 38.8 Å². The molecule has 0 aliphatic carbocycles. The van der Waals surface area contributed by atoms with Crippen LogP contribution in [0.3, 0.4) is 0 Å². The van der Waals surface area contributed by atoms with Crippen molar-refractivity contribution in [3.05, 3.63) is 53.6 Å². The normalized spacial score (nSPS) is 12.4. The first-order valence-electron chi connectivity index (χ1n) is 11.5. The van der Waals surface area contributed by atoms with Crippen LogP contribution in [-0.2, 0) is 26.2 Å². The Balaban J connectivity index is 2.49. The molecule has 10 heteroatoms. The number of ether oxygens (including phenoxy) is 2. The van der Waals surface area contributed by atoms with Gasteiger partial charge in [-0.1, -0.05) is 24.3 Å². The van der Waals surface area contributed by atoms with Gasteiger partial charge in [-0.2, -0.15) is 0 Å². The first-order chi connectivity index (χ1) is 16.7. The molecule has 36 heavy (non-hydrogen) atoms. The van der Waals surface area contributed by atoms with Gasteiger partial charge >= 0.3 is 0 Å². The average molecular weight is 520 g/mol. The van der Waals surface area contributed by atoms with Crippen LogP contribution in [0.25, 0.3) is 0 Å². The van der Waals surface area contributed by atoms with Gasteiger partial charge in [-0.15, -0.1) is 0 Å². The molecule has 0 aromatic heterocycles. The molecular formula is C26H37N3O6S. The second-order valence-electron chi connectivity index (χ2n) is 9.67. The lowest BCUT2D eigenvalue weighted by Crippen LogP contribution is -2.54. The van der Waals surface area contributed by atoms with E-state index >= 15 is 0 Å². The quantitative estimate of drug-likeness (QED) is 0.517. The standard InChI is InChI=1S/C26H37N3O6S/c1-18-11-9-10-12-20(18)16-28(19(2)25(31)27-26(3,4)5)24(30)17-29(36(8,32)33)22-14-13-21(34-6)15-23(22)35-7/h9-15,19H,16-17H2,1-8H3,(H,27,31)/t19-/m0/s1. The topological polar surface area (TPSA) is 105 Å². The maximum absolute atomic E-state index is 13.7. The lowest BCUT2D eigenvalue weighted by Gasteiger charge is -2.33. The Hall–Kier alpha value is -3.27. The minimum absolute atomic E-state index is 0.140. The van der Waals surface area contributed by atoms with Crippen LogP contribution in [0, 0.1) is 6.92 Å². The van der Waals surface area contributed by atoms with E-state index in [9.17, 15) is 18.0 Å². The molecule has 2 aromatic rings. The van der Waals surface area contributed by atoms with E-state index in [4.69, 9.17) is 9.47 Å². The molecule has 0 aliphatic heterocycles. The van der Waals surface area contributed by atoms with E-state index in [-0.39, 0.29) is 23.9 Å². The maximum Gasteiger partial charge on any atom is 0.244 e. The van der Waals surface area contributed by atoms with E-state index in [1.165, 1.54) is 25.2 Å². The number of nitrogens with zero attached hydrogens (tertiary/aromatic N) is 2. The Morgan fingerprint density at radius 3 is 2.22 bits per heavy atom. The summed E-state index contributed by atoms with van der Waals surface area (Å²) < 4.78 is 37.2. The molecule has 1 atom stereocenters. The van der Waals surface area contributed by atoms with Gasteiger partial charge in [0, 0.05) is 18.2 Å². The number of hydrogen-bond donors (Lipinski definition) is 1. The van der Waals surface area contributed by atoms with Gasteiger partial charge in [-0.05, 0) is 57.9 Å². The highest BCUT2D eigenvalue weighted by atomic mass is 32.2. The predicted octanol–water partition coefficient (Wildman–Crippen LogP) is 3.11. The van der Waals surface area contributed by atoms with Crippen LogP contribution in [0.5, 0.6) is 11.5 Å². The van der Waals surface area contributed by atoms with E-state index < -0.39 is 34.1 Å². The summed E-state index contributed by atoms with van der Waals surface area (Å²) in [7, 11) is -0.997. The molecule has 0 radical (unpaired) electrons. The predicted molar refractivity (Wildman–Crippen MR) is 141 cm³/mol. The van der Waals surface area contributed by atoms with Crippen LogP contribution in [-0.4, -0.2) is 63.7 Å². The van der Waals surface area contributed by atoms with Crippen molar-refractivity contribution < 1.29 is 27.5 Å². The number of nitrogens with one attached hydrogen (secondary N) is 1. The number of amides is 2. The molecule has 0 spiro atoms. The van der Waals surface area contributed by atoms with Crippen molar-refractivity contribution in [1.82, 2.24) is 10.2 Å². The maximum atomic E-state index is 13.7. The second kappa shape index (κ2) is 11.6. The van der Waals surface area contributed by atoms with Crippen molar-refractivity contribution in [2.45, 2.75) is 52.7 Å². The number of aryl methyl sites for hydroxylation is 1. The van der Waals surface area contributed by atoms with Crippen LogP contribution >= 0.6 is 0 Å². The van der Waals surface area contributed by atoms with Crippen molar-refractivity contribution in [2.75, 3.05) is 31.3 Å². The number of methoxy groups -OCH3 is 2. The fourth-order valence-corrected chi connectivity index (χ4v) is 4.47. The molecule has 0 aliphatic rings. The van der Waals surface area contributed by atoms with Gasteiger partial charge in [0.15, 0.2) is 0 Å². The van der Waals surface area contributed by atoms with Crippen molar-refractivity contribution in [1.29, 1.82) is 0 Å². The van der Waals surface area contributed by atoms with Crippen LogP contribution in [0.15, 0.2) is 42.5 Å². The van der Waals surface area contributed by atoms with Gasteiger partial charge < -0.3 is 19.7 Å². The molecule has 0 saturated carbocycles. The molecule has 0 bridgehead atoms. The number of carbonyl (C=O) groups is 2. The fourth-order valence-electron chi connectivity index (χ4n) is 3.61. The lowest BCUT2D eigenvalue weighted by molar-refractivity contribution is -0.140. The second-order valence-corrected chi connectivity index (χ2v) is 11.6. The average Bonchev–Trinajstić information content (AvgIpc) is 2.79. The highest BCUT2D eigenvalue weighted by Crippen LogP contribution is 2.33. The first-order valence-corrected chi connectivity index (χ1v) is 13.4. The number of hydrogen-bond acceptors (Lipinski definition) is 6. The molecule has 1 N–H and O–H groups in total. The smallest absolute Gasteiger partial charge is 0.244 e. The number of anilines is 1. The van der Waals surface area contributed by atoms with Gasteiger partial charge in [0.2, 0.25) is 21.8 Å². The van der Waals surface area contributed by atoms with Crippen molar-refractivity contribution in [3.8, 4) is 11.5 Å². The highest BCUT2D eigenvalue weighted by molar-refractivity contribution is 7.92. The van der Waals surface area contributed by atoms with Gasteiger partial charge in [-0.3, -0.25) is 13.9 Å². The summed E-state index contributed by atoms with van der Waals surface area (Å²) in [4.78, 5) is 28.1. The molecular weight excluding hydrogens is 482 g/mol. The van der Waals surface area contributed by atoms with Gasteiger partial charge in [0.05, 0.1) is 26.2 Å². The van der Waals surface area contributed by atoms with E-state index in [0.717, 1.165) is 21.7 Å². The molecule has 9 nitrogen and oxygen atoms in total. The van der Waals surface area contributed by atoms with Gasteiger partial charge in [0.25, 0.3) is 0 Å². The summed E-state index contributed by atoms with van der Waals surface area (Å²) >= 11 is 0. The summed E-state index contributed by atoms with van der Waals surface area (Å²) in [6.45, 7) is 8.74. The summed E-state index contributed by atoms with van der Waals surface area (Å²) in [6.07, 6.45) is 1.02. The van der Waals surface area contributed by atoms with Crippen molar-refractivity contribution >= 4 is 27.5 Å². The zero-order chi connectivity index (χ0) is 27.3. The summed E-state index contributed by atoms with van der Waals surface area (Å²) in [6, 6.07) is 11.3. The molecule has 0 fully saturated rings. The van der Waals surface area contributed by atoms with E-state index in [1.807, 2.05) is 52.0 Å². The molecule has 0 saturated heterocycles. The molecule has 2 rings (SSSR count). The van der Waals surface area contributed by atoms with Crippen LogP contribution in [0.2, 0.25) is 0 Å². The lowest BCUT2D eigenvalue weighted by atomic mass is 10.1. The highest BCUT2D eigenvalue weighted by Gasteiger charge is 2.32. The molecule has 2 aromatic carbocycles. The van der Waals surface area contributed by atoms with Crippen molar-refractivity contribution in [2.24, 2.45) is 0 Å². The minimum atomic E-state index is -3.89. The Kier molecular flexibility index (Phi) is 9.37. The number of sulfonamides is 1.